The van der Waals surface area contributed by atoms with E-state index in [0.717, 1.165) is 44.3 Å². The molecule has 0 aliphatic rings. The molecule has 0 aliphatic carbocycles. The summed E-state index contributed by atoms with van der Waals surface area (Å²) in [7, 11) is 0. The minimum atomic E-state index is -0.269. The number of aromatic nitrogens is 2. The van der Waals surface area contributed by atoms with Gasteiger partial charge in [-0.15, -0.1) is 11.3 Å². The molecule has 4 aromatic rings. The number of halogens is 1. The molecule has 30 heavy (non-hydrogen) atoms. The molecule has 150 valence electrons. The molecular weight excluding hydrogens is 395 g/mol. The van der Waals surface area contributed by atoms with Gasteiger partial charge >= 0.3 is 0 Å². The van der Waals surface area contributed by atoms with Gasteiger partial charge in [0.2, 0.25) is 4.80 Å². The molecule has 2 aromatic heterocycles. The van der Waals surface area contributed by atoms with Gasteiger partial charge in [-0.25, -0.2) is 14.1 Å². The van der Waals surface area contributed by atoms with E-state index >= 15 is 0 Å². The summed E-state index contributed by atoms with van der Waals surface area (Å²) in [5.41, 5.74) is 6.41. The van der Waals surface area contributed by atoms with Gasteiger partial charge in [0.25, 0.3) is 0 Å². The molecule has 0 spiro atoms. The van der Waals surface area contributed by atoms with Crippen molar-refractivity contribution in [2.24, 2.45) is 10.1 Å². The van der Waals surface area contributed by atoms with Gasteiger partial charge in [-0.1, -0.05) is 24.3 Å². The highest BCUT2D eigenvalue weighted by atomic mass is 32.1. The standard InChI is InChI=1S/C24H21FN4S/c1-16-7-6-8-17(2)23(16)27-24-29(28-18(3)21-9-4-5-14-26-21)22(15-30-24)19-10-12-20(25)13-11-19/h4-15H,1-3H3. The highest BCUT2D eigenvalue weighted by Gasteiger charge is 2.11. The fourth-order valence-corrected chi connectivity index (χ4v) is 3.98. The van der Waals surface area contributed by atoms with Crippen LogP contribution in [0.3, 0.4) is 0 Å². The Morgan fingerprint density at radius 1 is 0.967 bits per heavy atom. The highest BCUT2D eigenvalue weighted by molar-refractivity contribution is 7.07. The lowest BCUT2D eigenvalue weighted by atomic mass is 10.1. The number of benzene rings is 2. The smallest absolute Gasteiger partial charge is 0.211 e. The molecule has 0 atom stereocenters. The molecule has 0 saturated heterocycles. The van der Waals surface area contributed by atoms with Crippen LogP contribution < -0.4 is 4.80 Å². The predicted octanol–water partition coefficient (Wildman–Crippen LogP) is 5.87. The molecule has 0 aliphatic heterocycles. The van der Waals surface area contributed by atoms with Crippen molar-refractivity contribution in [2.75, 3.05) is 0 Å². The molecule has 0 fully saturated rings. The molecule has 0 amide bonds. The van der Waals surface area contributed by atoms with E-state index in [1.807, 2.05) is 67.2 Å². The zero-order chi connectivity index (χ0) is 21.1. The largest absolute Gasteiger partial charge is 0.255 e. The Hall–Kier alpha value is -3.38. The number of para-hydroxylation sites is 1. The maximum atomic E-state index is 13.5. The van der Waals surface area contributed by atoms with Gasteiger partial charge in [0.05, 0.1) is 22.8 Å². The Kier molecular flexibility index (Phi) is 5.68. The molecular formula is C24H21FN4S. The van der Waals surface area contributed by atoms with Gasteiger partial charge in [0.15, 0.2) is 0 Å². The summed E-state index contributed by atoms with van der Waals surface area (Å²) in [5.74, 6) is -0.269. The van der Waals surface area contributed by atoms with E-state index < -0.39 is 0 Å². The minimum Gasteiger partial charge on any atom is -0.255 e. The van der Waals surface area contributed by atoms with E-state index in [9.17, 15) is 4.39 Å². The van der Waals surface area contributed by atoms with Gasteiger partial charge < -0.3 is 0 Å². The van der Waals surface area contributed by atoms with E-state index in [0.29, 0.717) is 0 Å². The number of aryl methyl sites for hydroxylation is 2. The number of hydrogen-bond donors (Lipinski definition) is 0. The second-order valence-corrected chi connectivity index (χ2v) is 7.81. The average molecular weight is 417 g/mol. The van der Waals surface area contributed by atoms with Gasteiger partial charge in [-0.2, -0.15) is 5.10 Å². The zero-order valence-corrected chi connectivity index (χ0v) is 17.8. The first kappa shape index (κ1) is 19.9. The van der Waals surface area contributed by atoms with Crippen molar-refractivity contribution >= 4 is 22.7 Å². The molecule has 0 bridgehead atoms. The van der Waals surface area contributed by atoms with Crippen molar-refractivity contribution in [1.29, 1.82) is 0 Å². The molecule has 0 N–H and O–H groups in total. The summed E-state index contributed by atoms with van der Waals surface area (Å²) in [4.78, 5) is 10.1. The summed E-state index contributed by atoms with van der Waals surface area (Å²) in [6.07, 6.45) is 1.75. The lowest BCUT2D eigenvalue weighted by Crippen LogP contribution is -2.14. The summed E-state index contributed by atoms with van der Waals surface area (Å²) in [6, 6.07) is 18.3. The Morgan fingerprint density at radius 2 is 1.70 bits per heavy atom. The Labute approximate surface area is 178 Å². The van der Waals surface area contributed by atoms with Crippen LogP contribution in [0.1, 0.15) is 23.7 Å². The fraction of sp³-hybridized carbons (Fsp3) is 0.125. The van der Waals surface area contributed by atoms with Crippen LogP contribution in [0.5, 0.6) is 0 Å². The average Bonchev–Trinajstić information content (AvgIpc) is 3.14. The monoisotopic (exact) mass is 416 g/mol. The maximum absolute atomic E-state index is 13.5. The van der Waals surface area contributed by atoms with E-state index in [-0.39, 0.29) is 5.82 Å². The molecule has 4 rings (SSSR count). The fourth-order valence-electron chi connectivity index (χ4n) is 3.15. The number of thiazole rings is 1. The van der Waals surface area contributed by atoms with Gasteiger partial charge in [0.1, 0.15) is 5.82 Å². The van der Waals surface area contributed by atoms with Crippen molar-refractivity contribution < 1.29 is 4.39 Å². The van der Waals surface area contributed by atoms with E-state index in [1.54, 1.807) is 18.3 Å². The molecule has 2 aromatic carbocycles. The van der Waals surface area contributed by atoms with Crippen molar-refractivity contribution in [3.63, 3.8) is 0 Å². The van der Waals surface area contributed by atoms with Crippen molar-refractivity contribution in [3.8, 4) is 11.3 Å². The SMILES string of the molecule is CC(=Nn1c(-c2ccc(F)cc2)csc1=Nc1c(C)cccc1C)c1ccccn1. The van der Waals surface area contributed by atoms with Gasteiger partial charge in [0, 0.05) is 17.1 Å². The number of pyridine rings is 1. The lowest BCUT2D eigenvalue weighted by molar-refractivity contribution is 0.628. The van der Waals surface area contributed by atoms with Gasteiger partial charge in [-0.05, 0) is 68.3 Å². The third-order valence-electron chi connectivity index (χ3n) is 4.76. The Morgan fingerprint density at radius 3 is 2.37 bits per heavy atom. The van der Waals surface area contributed by atoms with Crippen LogP contribution in [0.4, 0.5) is 10.1 Å². The molecule has 6 heteroatoms. The first-order valence-electron chi connectivity index (χ1n) is 9.57. The van der Waals surface area contributed by atoms with Crippen LogP contribution in [0.15, 0.2) is 82.3 Å². The lowest BCUT2D eigenvalue weighted by Gasteiger charge is -2.07. The predicted molar refractivity (Wildman–Crippen MR) is 121 cm³/mol. The Balaban J connectivity index is 1.94. The minimum absolute atomic E-state index is 0.269. The zero-order valence-electron chi connectivity index (χ0n) is 17.0. The van der Waals surface area contributed by atoms with Crippen LogP contribution in [-0.4, -0.2) is 15.4 Å². The Bertz CT molecular complexity index is 1250. The van der Waals surface area contributed by atoms with Crippen molar-refractivity contribution in [1.82, 2.24) is 9.66 Å². The van der Waals surface area contributed by atoms with Crippen LogP contribution >= 0.6 is 11.3 Å². The van der Waals surface area contributed by atoms with Crippen LogP contribution in [0.2, 0.25) is 0 Å². The van der Waals surface area contributed by atoms with Crippen LogP contribution in [0, 0.1) is 19.7 Å². The topological polar surface area (TPSA) is 42.5 Å². The molecule has 0 saturated carbocycles. The third-order valence-corrected chi connectivity index (χ3v) is 5.57. The summed E-state index contributed by atoms with van der Waals surface area (Å²) in [6.45, 7) is 6.02. The second kappa shape index (κ2) is 8.55. The third kappa shape index (κ3) is 4.14. The van der Waals surface area contributed by atoms with Crippen LogP contribution in [-0.2, 0) is 0 Å². The van der Waals surface area contributed by atoms with Gasteiger partial charge in [-0.3, -0.25) is 4.98 Å². The quantitative estimate of drug-likeness (QED) is 0.384. The maximum Gasteiger partial charge on any atom is 0.211 e. The molecule has 2 heterocycles. The first-order valence-corrected chi connectivity index (χ1v) is 10.5. The summed E-state index contributed by atoms with van der Waals surface area (Å²) >= 11 is 1.50. The second-order valence-electron chi connectivity index (χ2n) is 6.97. The number of nitrogens with zero attached hydrogens (tertiary/aromatic N) is 4. The van der Waals surface area contributed by atoms with Crippen molar-refractivity contribution in [3.05, 3.63) is 99.7 Å². The van der Waals surface area contributed by atoms with Crippen molar-refractivity contribution in [2.45, 2.75) is 20.8 Å². The first-order chi connectivity index (χ1) is 14.5. The van der Waals surface area contributed by atoms with E-state index in [1.165, 1.54) is 23.5 Å². The normalized spacial score (nSPS) is 12.4. The summed E-state index contributed by atoms with van der Waals surface area (Å²) < 4.78 is 15.3. The van der Waals surface area contributed by atoms with Crippen LogP contribution in [0.25, 0.3) is 11.3 Å². The summed E-state index contributed by atoms with van der Waals surface area (Å²) in [5, 5.41) is 6.83. The molecule has 0 radical (unpaired) electrons. The highest BCUT2D eigenvalue weighted by Crippen LogP contribution is 2.25. The number of rotatable bonds is 4. The molecule has 0 unspecified atom stereocenters. The van der Waals surface area contributed by atoms with E-state index in [2.05, 4.69) is 4.98 Å². The van der Waals surface area contributed by atoms with E-state index in [4.69, 9.17) is 10.1 Å². The number of hydrogen-bond acceptors (Lipinski definition) is 4. The molecule has 4 nitrogen and oxygen atoms in total.